The third-order valence-corrected chi connectivity index (χ3v) is 6.06. The Labute approximate surface area is 178 Å². The lowest BCUT2D eigenvalue weighted by atomic mass is 9.91. The summed E-state index contributed by atoms with van der Waals surface area (Å²) in [5, 5.41) is 13.6. The molecule has 0 bridgehead atoms. The fraction of sp³-hybridized carbons (Fsp3) is 0.176. The number of nitrogens with zero attached hydrogens (tertiary/aromatic N) is 5. The average molecular weight is 451 g/mol. The number of hydrogen-bond acceptors (Lipinski definition) is 7. The molecule has 1 saturated heterocycles. The van der Waals surface area contributed by atoms with Crippen molar-refractivity contribution < 1.29 is 14.4 Å². The predicted octanol–water partition coefficient (Wildman–Crippen LogP) is 2.68. The van der Waals surface area contributed by atoms with Gasteiger partial charge < -0.3 is 5.32 Å². The molecule has 1 atom stereocenters. The second-order valence-electron chi connectivity index (χ2n) is 6.41. The number of carbonyl (C=O) groups is 3. The number of Topliss-reactive ketones (excluding diaryl/α,β-unsaturated/α-hetero) is 1. The van der Waals surface area contributed by atoms with E-state index in [1.54, 1.807) is 31.2 Å². The van der Waals surface area contributed by atoms with Crippen LogP contribution in [0.1, 0.15) is 22.8 Å². The minimum absolute atomic E-state index is 0.177. The van der Waals surface area contributed by atoms with E-state index in [1.165, 1.54) is 17.1 Å². The first-order valence-corrected chi connectivity index (χ1v) is 9.83. The maximum absolute atomic E-state index is 13.1. The molecule has 1 fully saturated rings. The molecule has 3 aromatic rings. The van der Waals surface area contributed by atoms with Gasteiger partial charge in [-0.25, -0.2) is 9.48 Å². The van der Waals surface area contributed by atoms with Crippen molar-refractivity contribution in [1.82, 2.24) is 30.4 Å². The molecule has 1 aliphatic heterocycles. The lowest BCUT2D eigenvalue weighted by Gasteiger charge is -2.22. The monoisotopic (exact) mass is 450 g/mol. The normalized spacial score (nSPS) is 18.9. The number of nitrogens with one attached hydrogen (secondary N) is 1. The Balaban J connectivity index is 1.61. The average Bonchev–Trinajstić information content (AvgIpc) is 3.39. The number of hydrogen-bond donors (Lipinski definition) is 1. The maximum Gasteiger partial charge on any atom is 0.325 e. The van der Waals surface area contributed by atoms with Crippen molar-refractivity contribution >= 4 is 52.3 Å². The van der Waals surface area contributed by atoms with Crippen molar-refractivity contribution in [2.75, 3.05) is 6.54 Å². The molecule has 9 nitrogen and oxygen atoms in total. The Bertz CT molecular complexity index is 1130. The number of carbonyl (C=O) groups excluding carboxylic acids is 3. The largest absolute Gasteiger partial charge is 0.325 e. The highest BCUT2D eigenvalue weighted by Gasteiger charge is 2.49. The van der Waals surface area contributed by atoms with E-state index in [0.29, 0.717) is 15.6 Å². The number of benzene rings is 1. The van der Waals surface area contributed by atoms with Gasteiger partial charge in [-0.1, -0.05) is 35.3 Å². The Morgan fingerprint density at radius 3 is 2.72 bits per heavy atom. The molecule has 1 aromatic carbocycles. The Morgan fingerprint density at radius 1 is 1.28 bits per heavy atom. The molecule has 29 heavy (non-hydrogen) atoms. The van der Waals surface area contributed by atoms with E-state index < -0.39 is 29.8 Å². The molecular weight excluding hydrogens is 439 g/mol. The molecule has 0 aliphatic carbocycles. The van der Waals surface area contributed by atoms with Gasteiger partial charge in [-0.3, -0.25) is 14.5 Å². The molecule has 4 rings (SSSR count). The summed E-state index contributed by atoms with van der Waals surface area (Å²) in [6.45, 7) is 1.13. The smallest absolute Gasteiger partial charge is 0.319 e. The van der Waals surface area contributed by atoms with Crippen LogP contribution in [0.4, 0.5) is 4.79 Å². The van der Waals surface area contributed by atoms with E-state index in [4.69, 9.17) is 23.2 Å². The van der Waals surface area contributed by atoms with Crippen LogP contribution in [0.25, 0.3) is 5.69 Å². The Hall–Kier alpha value is -2.82. The zero-order valence-corrected chi connectivity index (χ0v) is 17.1. The number of halogens is 2. The summed E-state index contributed by atoms with van der Waals surface area (Å²) in [7, 11) is 0. The van der Waals surface area contributed by atoms with Gasteiger partial charge in [0.05, 0.1) is 22.1 Å². The molecule has 0 saturated carbocycles. The lowest BCUT2D eigenvalue weighted by molar-refractivity contribution is -0.130. The minimum Gasteiger partial charge on any atom is -0.319 e. The van der Waals surface area contributed by atoms with E-state index in [9.17, 15) is 14.4 Å². The van der Waals surface area contributed by atoms with Crippen LogP contribution in [-0.4, -0.2) is 49.4 Å². The van der Waals surface area contributed by atoms with Crippen LogP contribution in [0.2, 0.25) is 8.67 Å². The lowest BCUT2D eigenvalue weighted by Crippen LogP contribution is -2.41. The van der Waals surface area contributed by atoms with Gasteiger partial charge in [-0.05, 0) is 41.1 Å². The molecule has 2 aromatic heterocycles. The van der Waals surface area contributed by atoms with Crippen molar-refractivity contribution in [3.63, 3.8) is 0 Å². The third kappa shape index (κ3) is 3.39. The van der Waals surface area contributed by atoms with E-state index in [1.807, 2.05) is 0 Å². The SMILES string of the molecule is CC1(c2cccc(-n3cnnn3)c2)NC(=O)N(CC(=O)c2cc(Cl)sc2Cl)C1=O. The van der Waals surface area contributed by atoms with Crippen molar-refractivity contribution in [1.29, 1.82) is 0 Å². The van der Waals surface area contributed by atoms with E-state index in [0.717, 1.165) is 16.2 Å². The first kappa shape index (κ1) is 19.5. The van der Waals surface area contributed by atoms with Crippen molar-refractivity contribution in [2.45, 2.75) is 12.5 Å². The number of imide groups is 1. The number of rotatable bonds is 5. The summed E-state index contributed by atoms with van der Waals surface area (Å²) in [6.07, 6.45) is 1.41. The van der Waals surface area contributed by atoms with Gasteiger partial charge in [0.15, 0.2) is 5.78 Å². The van der Waals surface area contributed by atoms with Crippen LogP contribution in [-0.2, 0) is 10.3 Å². The van der Waals surface area contributed by atoms with Gasteiger partial charge in [-0.15, -0.1) is 16.4 Å². The van der Waals surface area contributed by atoms with E-state index in [-0.39, 0.29) is 9.90 Å². The maximum atomic E-state index is 13.1. The summed E-state index contributed by atoms with van der Waals surface area (Å²) in [4.78, 5) is 39.0. The molecule has 3 heterocycles. The zero-order chi connectivity index (χ0) is 20.8. The molecule has 1 N–H and O–H groups in total. The van der Waals surface area contributed by atoms with Crippen LogP contribution in [0.3, 0.4) is 0 Å². The van der Waals surface area contributed by atoms with Gasteiger partial charge in [0.2, 0.25) is 0 Å². The highest BCUT2D eigenvalue weighted by Crippen LogP contribution is 2.33. The third-order valence-electron chi connectivity index (χ3n) is 4.57. The first-order valence-electron chi connectivity index (χ1n) is 8.25. The van der Waals surface area contributed by atoms with Gasteiger partial charge in [-0.2, -0.15) is 0 Å². The fourth-order valence-corrected chi connectivity index (χ4v) is 4.53. The van der Waals surface area contributed by atoms with Crippen molar-refractivity contribution in [3.8, 4) is 5.69 Å². The van der Waals surface area contributed by atoms with Crippen LogP contribution < -0.4 is 5.32 Å². The Morgan fingerprint density at radius 2 is 2.07 bits per heavy atom. The number of amides is 3. The Kier molecular flexibility index (Phi) is 4.85. The topological polar surface area (TPSA) is 110 Å². The number of ketones is 1. The van der Waals surface area contributed by atoms with Crippen molar-refractivity contribution in [2.24, 2.45) is 0 Å². The number of thiophene rings is 1. The molecule has 0 spiro atoms. The molecule has 0 radical (unpaired) electrons. The summed E-state index contributed by atoms with van der Waals surface area (Å²) in [5.74, 6) is -1.03. The first-order chi connectivity index (χ1) is 13.8. The highest BCUT2D eigenvalue weighted by atomic mass is 35.5. The summed E-state index contributed by atoms with van der Waals surface area (Å²) >= 11 is 12.9. The molecule has 12 heteroatoms. The van der Waals surface area contributed by atoms with Gasteiger partial charge in [0.25, 0.3) is 5.91 Å². The number of tetrazole rings is 1. The van der Waals surface area contributed by atoms with Gasteiger partial charge in [0, 0.05) is 0 Å². The highest BCUT2D eigenvalue weighted by molar-refractivity contribution is 7.20. The molecule has 3 amide bonds. The second-order valence-corrected chi connectivity index (χ2v) is 8.70. The predicted molar refractivity (Wildman–Crippen MR) is 105 cm³/mol. The van der Waals surface area contributed by atoms with Crippen LogP contribution in [0.5, 0.6) is 0 Å². The number of urea groups is 1. The standard InChI is InChI=1S/C17H12Cl2N6O3S/c1-17(9-3-2-4-10(5-9)25-8-20-22-23-25)15(27)24(16(28)21-17)7-12(26)11-6-13(18)29-14(11)19/h2-6,8H,7H2,1H3,(H,21,28). The number of aromatic nitrogens is 4. The molecule has 1 aliphatic rings. The second kappa shape index (κ2) is 7.21. The van der Waals surface area contributed by atoms with Crippen molar-refractivity contribution in [3.05, 3.63) is 56.5 Å². The van der Waals surface area contributed by atoms with Crippen LogP contribution in [0.15, 0.2) is 36.7 Å². The van der Waals surface area contributed by atoms with Crippen LogP contribution >= 0.6 is 34.5 Å². The zero-order valence-electron chi connectivity index (χ0n) is 14.8. The van der Waals surface area contributed by atoms with Crippen LogP contribution in [0, 0.1) is 0 Å². The minimum atomic E-state index is -1.35. The van der Waals surface area contributed by atoms with E-state index >= 15 is 0 Å². The quantitative estimate of drug-likeness (QED) is 0.472. The van der Waals surface area contributed by atoms with E-state index in [2.05, 4.69) is 20.8 Å². The molecular formula is C17H12Cl2N6O3S. The fourth-order valence-electron chi connectivity index (χ4n) is 3.03. The van der Waals surface area contributed by atoms with Gasteiger partial charge in [0.1, 0.15) is 16.2 Å². The summed E-state index contributed by atoms with van der Waals surface area (Å²) in [6, 6.07) is 7.62. The molecule has 148 valence electrons. The molecule has 1 unspecified atom stereocenters. The van der Waals surface area contributed by atoms with Gasteiger partial charge >= 0.3 is 6.03 Å². The summed E-state index contributed by atoms with van der Waals surface area (Å²) in [5.41, 5.74) is -0.0331. The summed E-state index contributed by atoms with van der Waals surface area (Å²) < 4.78 is 1.99.